The van der Waals surface area contributed by atoms with Crippen molar-refractivity contribution in [1.29, 1.82) is 0 Å². The number of carboxylic acids is 1. The molecule has 8 heteroatoms. The van der Waals surface area contributed by atoms with Crippen LogP contribution in [0.4, 0.5) is 8.78 Å². The first-order chi connectivity index (χ1) is 9.99. The van der Waals surface area contributed by atoms with Crippen LogP contribution in [0.15, 0.2) is 17.5 Å². The summed E-state index contributed by atoms with van der Waals surface area (Å²) < 4.78 is 28.2. The Morgan fingerprint density at radius 2 is 2.24 bits per heavy atom. The van der Waals surface area contributed by atoms with Crippen LogP contribution in [0.2, 0.25) is 0 Å². The number of alkyl halides is 2. The van der Waals surface area contributed by atoms with Crippen molar-refractivity contribution in [2.45, 2.75) is 19.4 Å². The lowest BCUT2D eigenvalue weighted by molar-refractivity contribution is -0.131. The number of hydrogen-bond acceptors (Lipinski definition) is 4. The molecule has 0 aromatic carbocycles. The maximum atomic E-state index is 11.8. The van der Waals surface area contributed by atoms with Gasteiger partial charge in [-0.2, -0.15) is 0 Å². The Hall–Kier alpha value is -1.80. The lowest BCUT2D eigenvalue weighted by atomic mass is 10.2. The van der Waals surface area contributed by atoms with E-state index < -0.39 is 19.0 Å². The molecule has 0 saturated heterocycles. The topological polar surface area (TPSA) is 75.6 Å². The van der Waals surface area contributed by atoms with E-state index in [2.05, 4.69) is 10.1 Å². The van der Waals surface area contributed by atoms with Gasteiger partial charge < -0.3 is 15.2 Å². The van der Waals surface area contributed by atoms with Crippen LogP contribution in [0.3, 0.4) is 0 Å². The Labute approximate surface area is 124 Å². The summed E-state index contributed by atoms with van der Waals surface area (Å²) in [5.41, 5.74) is 0.719. The zero-order valence-electron chi connectivity index (χ0n) is 11.1. The molecule has 0 saturated carbocycles. The molecule has 2 N–H and O–H groups in total. The van der Waals surface area contributed by atoms with Crippen molar-refractivity contribution < 1.29 is 28.2 Å². The molecule has 0 spiro atoms. The van der Waals surface area contributed by atoms with Crippen molar-refractivity contribution in [3.63, 3.8) is 0 Å². The summed E-state index contributed by atoms with van der Waals surface area (Å²) in [7, 11) is 0. The molecule has 1 aromatic rings. The fraction of sp³-hybridized carbons (Fsp3) is 0.385. The number of ether oxygens (including phenoxy) is 1. The molecule has 0 atom stereocenters. The van der Waals surface area contributed by atoms with Crippen LogP contribution in [-0.4, -0.2) is 36.6 Å². The van der Waals surface area contributed by atoms with Crippen molar-refractivity contribution in [3.8, 4) is 0 Å². The van der Waals surface area contributed by atoms with Gasteiger partial charge in [0, 0.05) is 17.4 Å². The molecular formula is C13H15F2NO4S. The van der Waals surface area contributed by atoms with E-state index in [1.54, 1.807) is 11.4 Å². The van der Waals surface area contributed by atoms with Crippen LogP contribution < -0.4 is 5.32 Å². The summed E-state index contributed by atoms with van der Waals surface area (Å²) in [6, 6.07) is 1.75. The van der Waals surface area contributed by atoms with Crippen molar-refractivity contribution in [1.82, 2.24) is 5.32 Å². The molecule has 116 valence electrons. The molecule has 0 aliphatic heterocycles. The highest BCUT2D eigenvalue weighted by Gasteiger charge is 2.07. The van der Waals surface area contributed by atoms with Crippen LogP contribution in [0.1, 0.15) is 16.9 Å². The minimum atomic E-state index is -2.54. The molecule has 0 radical (unpaired) electrons. The molecule has 1 amide bonds. The molecule has 0 aliphatic rings. The summed E-state index contributed by atoms with van der Waals surface area (Å²) in [5, 5.41) is 13.0. The number of hydrogen-bond donors (Lipinski definition) is 2. The fourth-order valence-corrected chi connectivity index (χ4v) is 2.21. The third-order valence-corrected chi connectivity index (χ3v) is 3.29. The van der Waals surface area contributed by atoms with Crippen LogP contribution in [0.25, 0.3) is 6.08 Å². The Balaban J connectivity index is 2.33. The van der Waals surface area contributed by atoms with E-state index in [-0.39, 0.29) is 25.5 Å². The van der Waals surface area contributed by atoms with Crippen LogP contribution in [0.5, 0.6) is 0 Å². The van der Waals surface area contributed by atoms with Gasteiger partial charge in [0.1, 0.15) is 6.61 Å². The van der Waals surface area contributed by atoms with E-state index in [1.165, 1.54) is 17.4 Å². The van der Waals surface area contributed by atoms with Crippen molar-refractivity contribution >= 4 is 29.3 Å². The van der Waals surface area contributed by atoms with Gasteiger partial charge in [-0.05, 0) is 23.1 Å². The largest absolute Gasteiger partial charge is 0.478 e. The molecule has 0 bridgehead atoms. The van der Waals surface area contributed by atoms with E-state index >= 15 is 0 Å². The lowest BCUT2D eigenvalue weighted by Crippen LogP contribution is -2.24. The van der Waals surface area contributed by atoms with Gasteiger partial charge >= 0.3 is 5.97 Å². The molecule has 0 unspecified atom stereocenters. The highest BCUT2D eigenvalue weighted by Crippen LogP contribution is 2.18. The summed E-state index contributed by atoms with van der Waals surface area (Å²) in [5.74, 6) is -1.36. The Morgan fingerprint density at radius 1 is 1.48 bits per heavy atom. The predicted molar refractivity (Wildman–Crippen MR) is 74.3 cm³/mol. The first-order valence-corrected chi connectivity index (χ1v) is 6.97. The molecule has 1 heterocycles. The van der Waals surface area contributed by atoms with Gasteiger partial charge in [0.25, 0.3) is 6.43 Å². The van der Waals surface area contributed by atoms with Gasteiger partial charge in [0.05, 0.1) is 13.2 Å². The fourth-order valence-electron chi connectivity index (χ4n) is 1.41. The second kappa shape index (κ2) is 9.19. The highest BCUT2D eigenvalue weighted by atomic mass is 32.1. The minimum absolute atomic E-state index is 0.00159. The van der Waals surface area contributed by atoms with Gasteiger partial charge in [-0.15, -0.1) is 11.3 Å². The highest BCUT2D eigenvalue weighted by molar-refractivity contribution is 7.10. The molecule has 1 rings (SSSR count). The van der Waals surface area contributed by atoms with Gasteiger partial charge in [-0.1, -0.05) is 0 Å². The zero-order chi connectivity index (χ0) is 15.7. The number of carbonyl (C=O) groups is 2. The SMILES string of the molecule is O=C(O)/C=C/c1ccsc1CNC(=O)CCOCC(F)F. The van der Waals surface area contributed by atoms with E-state index in [0.717, 1.165) is 16.5 Å². The predicted octanol–water partition coefficient (Wildman–Crippen LogP) is 2.13. The van der Waals surface area contributed by atoms with Crippen molar-refractivity contribution in [2.24, 2.45) is 0 Å². The van der Waals surface area contributed by atoms with E-state index in [9.17, 15) is 18.4 Å². The second-order valence-electron chi connectivity index (χ2n) is 3.96. The summed E-state index contributed by atoms with van der Waals surface area (Å²) in [4.78, 5) is 22.7. The van der Waals surface area contributed by atoms with Crippen molar-refractivity contribution in [3.05, 3.63) is 28.0 Å². The molecule has 0 fully saturated rings. The normalized spacial score (nSPS) is 11.2. The Kier molecular flexibility index (Phi) is 7.55. The zero-order valence-corrected chi connectivity index (χ0v) is 11.9. The van der Waals surface area contributed by atoms with Crippen LogP contribution in [0, 0.1) is 0 Å². The van der Waals surface area contributed by atoms with E-state index in [1.807, 2.05) is 0 Å². The smallest absolute Gasteiger partial charge is 0.328 e. The maximum Gasteiger partial charge on any atom is 0.328 e. The average Bonchev–Trinajstić information content (AvgIpc) is 2.86. The monoisotopic (exact) mass is 319 g/mol. The van der Waals surface area contributed by atoms with Crippen molar-refractivity contribution in [2.75, 3.05) is 13.2 Å². The number of amides is 1. The number of thiophene rings is 1. The van der Waals surface area contributed by atoms with E-state index in [0.29, 0.717) is 0 Å². The lowest BCUT2D eigenvalue weighted by Gasteiger charge is -2.05. The number of halogens is 2. The van der Waals surface area contributed by atoms with Crippen LogP contribution >= 0.6 is 11.3 Å². The van der Waals surface area contributed by atoms with Gasteiger partial charge in [-0.25, -0.2) is 13.6 Å². The summed E-state index contributed by atoms with van der Waals surface area (Å²) in [6.07, 6.45) is -0.0708. The van der Waals surface area contributed by atoms with E-state index in [4.69, 9.17) is 5.11 Å². The number of rotatable bonds is 9. The molecule has 21 heavy (non-hydrogen) atoms. The second-order valence-corrected chi connectivity index (χ2v) is 4.96. The number of carbonyl (C=O) groups excluding carboxylic acids is 1. The maximum absolute atomic E-state index is 11.8. The number of nitrogens with one attached hydrogen (secondary N) is 1. The average molecular weight is 319 g/mol. The number of aliphatic carboxylic acids is 1. The first kappa shape index (κ1) is 17.3. The van der Waals surface area contributed by atoms with Gasteiger partial charge in [0.2, 0.25) is 5.91 Å². The standard InChI is InChI=1S/C13H15F2NO4S/c14-11(15)8-20-5-3-12(17)16-7-10-9(4-6-21-10)1-2-13(18)19/h1-2,4,6,11H,3,5,7-8H2,(H,16,17)(H,18,19)/b2-1+. The molecular weight excluding hydrogens is 304 g/mol. The van der Waals surface area contributed by atoms with Gasteiger partial charge in [0.15, 0.2) is 0 Å². The molecule has 5 nitrogen and oxygen atoms in total. The Bertz CT molecular complexity index is 502. The summed E-state index contributed by atoms with van der Waals surface area (Å²) in [6.45, 7) is -0.487. The third kappa shape index (κ3) is 7.52. The minimum Gasteiger partial charge on any atom is -0.478 e. The number of carboxylic acid groups (broad SMARTS) is 1. The summed E-state index contributed by atoms with van der Waals surface area (Å²) >= 11 is 1.39. The molecule has 0 aliphatic carbocycles. The molecule has 1 aromatic heterocycles. The van der Waals surface area contributed by atoms with Gasteiger partial charge in [-0.3, -0.25) is 4.79 Å². The first-order valence-electron chi connectivity index (χ1n) is 6.09. The quantitative estimate of drug-likeness (QED) is 0.540. The third-order valence-electron chi connectivity index (χ3n) is 2.35. The Morgan fingerprint density at radius 3 is 2.90 bits per heavy atom. The van der Waals surface area contributed by atoms with Crippen LogP contribution in [-0.2, 0) is 20.9 Å².